The number of piperazine rings is 1. The van der Waals surface area contributed by atoms with E-state index in [0.717, 1.165) is 16.5 Å². The van der Waals surface area contributed by atoms with Crippen molar-refractivity contribution in [3.05, 3.63) is 78.0 Å². The van der Waals surface area contributed by atoms with Crippen molar-refractivity contribution in [1.29, 1.82) is 0 Å². The Bertz CT molecular complexity index is 1320. The summed E-state index contributed by atoms with van der Waals surface area (Å²) in [6.07, 6.45) is 2.43. The van der Waals surface area contributed by atoms with Gasteiger partial charge in [-0.3, -0.25) is 4.79 Å². The first-order valence-electron chi connectivity index (χ1n) is 13.0. The summed E-state index contributed by atoms with van der Waals surface area (Å²) in [7, 11) is 0. The van der Waals surface area contributed by atoms with Crippen LogP contribution in [0.3, 0.4) is 0 Å². The Labute approximate surface area is 217 Å². The van der Waals surface area contributed by atoms with Crippen LogP contribution in [0.4, 0.5) is 11.8 Å². The Morgan fingerprint density at radius 1 is 0.946 bits per heavy atom. The number of carbonyl (C=O) groups excluding carboxylic acids is 1. The van der Waals surface area contributed by atoms with E-state index in [1.807, 2.05) is 72.8 Å². The number of fused-ring (bicyclic) bond motifs is 1. The fourth-order valence-corrected chi connectivity index (χ4v) is 4.88. The second-order valence-electron chi connectivity index (χ2n) is 9.71. The zero-order chi connectivity index (χ0) is 25.9. The van der Waals surface area contributed by atoms with E-state index < -0.39 is 0 Å². The number of nitrogens with one attached hydrogen (secondary N) is 1. The summed E-state index contributed by atoms with van der Waals surface area (Å²) in [4.78, 5) is 26.0. The molecular weight excluding hydrogens is 464 g/mol. The number of rotatable bonds is 7. The fourth-order valence-electron chi connectivity index (χ4n) is 4.88. The van der Waals surface area contributed by atoms with Crippen LogP contribution in [0.2, 0.25) is 0 Å². The summed E-state index contributed by atoms with van der Waals surface area (Å²) in [5.74, 6) is 1.51. The summed E-state index contributed by atoms with van der Waals surface area (Å²) in [5, 5.41) is 15.5. The van der Waals surface area contributed by atoms with Gasteiger partial charge in [-0.1, -0.05) is 67.6 Å². The zero-order valence-electron chi connectivity index (χ0n) is 21.6. The molecule has 37 heavy (non-hydrogen) atoms. The lowest BCUT2D eigenvalue weighted by atomic mass is 9.98. The van der Waals surface area contributed by atoms with Crippen LogP contribution in [0.25, 0.3) is 10.9 Å². The molecule has 5 rings (SSSR count). The van der Waals surface area contributed by atoms with E-state index in [1.165, 1.54) is 0 Å². The second-order valence-corrected chi connectivity index (χ2v) is 9.71. The minimum Gasteiger partial charge on any atom is -0.493 e. The highest BCUT2D eigenvalue weighted by molar-refractivity contribution is 5.94. The van der Waals surface area contributed by atoms with Gasteiger partial charge in [-0.15, -0.1) is 0 Å². The molecule has 1 fully saturated rings. The summed E-state index contributed by atoms with van der Waals surface area (Å²) in [6.45, 7) is 8.49. The average Bonchev–Trinajstić information content (AvgIpc) is 3.29. The number of aromatic nitrogens is 3. The number of amides is 1. The molecule has 0 aliphatic carbocycles. The van der Waals surface area contributed by atoms with Crippen molar-refractivity contribution < 1.29 is 9.90 Å². The van der Waals surface area contributed by atoms with Gasteiger partial charge in [0.25, 0.3) is 0 Å². The number of hydrogen-bond acceptors (Lipinski definition) is 6. The number of anilines is 2. The van der Waals surface area contributed by atoms with E-state index in [2.05, 4.69) is 34.5 Å². The van der Waals surface area contributed by atoms with Crippen molar-refractivity contribution >= 4 is 28.6 Å². The molecule has 8 heteroatoms. The highest BCUT2D eigenvalue weighted by Gasteiger charge is 2.26. The van der Waals surface area contributed by atoms with Crippen molar-refractivity contribution in [3.63, 3.8) is 0 Å². The minimum atomic E-state index is -0.142. The monoisotopic (exact) mass is 498 g/mol. The van der Waals surface area contributed by atoms with Crippen LogP contribution < -0.4 is 10.2 Å². The standard InChI is InChI=1S/C29H34N6O2/c1-4-24(36)33-15-17-34(18-16-33)29-31-26-23(19-35(20(2)3)28(26)37)27(32-29)30-25(21-11-7-5-8-12-21)22-13-9-6-10-14-22/h5-14,19-20,25,37H,4,15-18H2,1-3H3,(H,30,31,32). The summed E-state index contributed by atoms with van der Waals surface area (Å²) in [6, 6.07) is 20.5. The van der Waals surface area contributed by atoms with Crippen LogP contribution >= 0.6 is 0 Å². The Morgan fingerprint density at radius 3 is 2.08 bits per heavy atom. The summed E-state index contributed by atoms with van der Waals surface area (Å²) in [5.41, 5.74) is 2.75. The van der Waals surface area contributed by atoms with Crippen molar-refractivity contribution in [1.82, 2.24) is 19.4 Å². The maximum absolute atomic E-state index is 12.2. The van der Waals surface area contributed by atoms with Crippen LogP contribution in [-0.2, 0) is 4.79 Å². The van der Waals surface area contributed by atoms with E-state index in [-0.39, 0.29) is 23.9 Å². The summed E-state index contributed by atoms with van der Waals surface area (Å²) >= 11 is 0. The first-order valence-corrected chi connectivity index (χ1v) is 13.0. The highest BCUT2D eigenvalue weighted by atomic mass is 16.3. The molecule has 192 valence electrons. The Kier molecular flexibility index (Phi) is 6.99. The van der Waals surface area contributed by atoms with E-state index in [0.29, 0.717) is 49.9 Å². The Morgan fingerprint density at radius 2 is 1.54 bits per heavy atom. The number of benzene rings is 2. The van der Waals surface area contributed by atoms with Crippen LogP contribution in [0.1, 0.15) is 50.4 Å². The first-order chi connectivity index (χ1) is 18.0. The van der Waals surface area contributed by atoms with Gasteiger partial charge in [0.15, 0.2) is 0 Å². The third-order valence-corrected chi connectivity index (χ3v) is 6.98. The molecule has 2 N–H and O–H groups in total. The predicted octanol–water partition coefficient (Wildman–Crippen LogP) is 4.98. The molecule has 4 aromatic rings. The largest absolute Gasteiger partial charge is 0.493 e. The maximum Gasteiger partial charge on any atom is 0.228 e. The molecule has 0 saturated carbocycles. The van der Waals surface area contributed by atoms with Gasteiger partial charge in [-0.2, -0.15) is 4.98 Å². The van der Waals surface area contributed by atoms with E-state index in [9.17, 15) is 9.90 Å². The molecule has 1 aliphatic rings. The third-order valence-electron chi connectivity index (χ3n) is 6.98. The molecule has 1 aliphatic heterocycles. The zero-order valence-corrected chi connectivity index (χ0v) is 21.6. The number of aromatic hydroxyl groups is 1. The van der Waals surface area contributed by atoms with Crippen LogP contribution in [0, 0.1) is 0 Å². The number of carbonyl (C=O) groups is 1. The van der Waals surface area contributed by atoms with Crippen molar-refractivity contribution in [3.8, 4) is 5.88 Å². The van der Waals surface area contributed by atoms with Crippen LogP contribution in [0.5, 0.6) is 5.88 Å². The second kappa shape index (κ2) is 10.5. The average molecular weight is 499 g/mol. The lowest BCUT2D eigenvalue weighted by Gasteiger charge is -2.35. The van der Waals surface area contributed by atoms with Crippen molar-refractivity contribution in [2.24, 2.45) is 0 Å². The minimum absolute atomic E-state index is 0.0631. The van der Waals surface area contributed by atoms with Gasteiger partial charge >= 0.3 is 0 Å². The van der Waals surface area contributed by atoms with Gasteiger partial charge in [0.2, 0.25) is 17.7 Å². The van der Waals surface area contributed by atoms with Gasteiger partial charge in [0, 0.05) is 44.8 Å². The molecule has 8 nitrogen and oxygen atoms in total. The van der Waals surface area contributed by atoms with E-state index in [1.54, 1.807) is 0 Å². The Hall–Kier alpha value is -4.07. The van der Waals surface area contributed by atoms with E-state index in [4.69, 9.17) is 9.97 Å². The van der Waals surface area contributed by atoms with Gasteiger partial charge in [0.05, 0.1) is 11.4 Å². The third kappa shape index (κ3) is 4.96. The molecule has 1 amide bonds. The van der Waals surface area contributed by atoms with Gasteiger partial charge in [-0.25, -0.2) is 4.98 Å². The number of nitrogens with zero attached hydrogens (tertiary/aromatic N) is 5. The van der Waals surface area contributed by atoms with Crippen LogP contribution in [0.15, 0.2) is 66.9 Å². The molecule has 0 spiro atoms. The van der Waals surface area contributed by atoms with E-state index >= 15 is 0 Å². The lowest BCUT2D eigenvalue weighted by Crippen LogP contribution is -2.49. The maximum atomic E-state index is 12.2. The highest BCUT2D eigenvalue weighted by Crippen LogP contribution is 2.36. The summed E-state index contributed by atoms with van der Waals surface area (Å²) < 4.78 is 1.83. The van der Waals surface area contributed by atoms with Crippen molar-refractivity contribution in [2.75, 3.05) is 36.4 Å². The molecule has 1 saturated heterocycles. The first kappa shape index (κ1) is 24.6. The molecular formula is C29H34N6O2. The smallest absolute Gasteiger partial charge is 0.228 e. The fraction of sp³-hybridized carbons (Fsp3) is 0.345. The molecule has 0 bridgehead atoms. The molecule has 2 aromatic heterocycles. The molecule has 0 unspecified atom stereocenters. The normalized spacial score (nSPS) is 14.1. The SMILES string of the molecule is CCC(=O)N1CCN(c2nc(NC(c3ccccc3)c3ccccc3)c3cn(C(C)C)c(O)c3n2)CC1. The topological polar surface area (TPSA) is 86.5 Å². The molecule has 0 atom stereocenters. The van der Waals surface area contributed by atoms with Gasteiger partial charge in [0.1, 0.15) is 11.3 Å². The lowest BCUT2D eigenvalue weighted by molar-refractivity contribution is -0.131. The van der Waals surface area contributed by atoms with Gasteiger partial charge < -0.3 is 24.8 Å². The quantitative estimate of drug-likeness (QED) is 0.374. The van der Waals surface area contributed by atoms with Crippen LogP contribution in [-0.4, -0.2) is 56.6 Å². The van der Waals surface area contributed by atoms with Crippen molar-refractivity contribution in [2.45, 2.75) is 39.3 Å². The molecule has 0 radical (unpaired) electrons. The predicted molar refractivity (Wildman–Crippen MR) is 147 cm³/mol. The number of hydrogen-bond donors (Lipinski definition) is 2. The Balaban J connectivity index is 1.57. The van der Waals surface area contributed by atoms with Gasteiger partial charge in [-0.05, 0) is 25.0 Å². The molecule has 3 heterocycles. The molecule has 2 aromatic carbocycles.